The molecule has 25 heavy (non-hydrogen) atoms. The number of benzene rings is 1. The second-order valence-electron chi connectivity index (χ2n) is 8.69. The number of azide groups is 1. The summed E-state index contributed by atoms with van der Waals surface area (Å²) in [5, 5.41) is 6.01. The average molecular weight is 345 g/mol. The van der Waals surface area contributed by atoms with Crippen molar-refractivity contribution in [3.8, 4) is 0 Å². The van der Waals surface area contributed by atoms with Crippen molar-refractivity contribution in [2.45, 2.75) is 83.4 Å². The highest BCUT2D eigenvalue weighted by Crippen LogP contribution is 2.40. The van der Waals surface area contributed by atoms with Crippen molar-refractivity contribution in [2.75, 3.05) is 6.54 Å². The maximum atomic E-state index is 8.82. The standard InChI is InChI=1S/C20H32N4O/c1-18(2)13-9-14-19(3,4)24(18)25-20(5,16-22-23-21)15-12-17-10-7-6-8-11-17/h6-8,10-11H,9,12-16H2,1-5H3. The summed E-state index contributed by atoms with van der Waals surface area (Å²) in [5.74, 6) is 0. The molecule has 1 saturated heterocycles. The molecule has 1 unspecified atom stereocenters. The molecule has 5 heteroatoms. The van der Waals surface area contributed by atoms with Crippen LogP contribution < -0.4 is 0 Å². The number of piperidine rings is 1. The molecule has 5 nitrogen and oxygen atoms in total. The highest BCUT2D eigenvalue weighted by atomic mass is 16.7. The zero-order chi connectivity index (χ0) is 18.6. The quantitative estimate of drug-likeness (QED) is 0.364. The Kier molecular flexibility index (Phi) is 6.15. The molecule has 1 aromatic carbocycles. The molecule has 2 rings (SSSR count). The minimum atomic E-state index is -0.520. The van der Waals surface area contributed by atoms with Gasteiger partial charge < -0.3 is 0 Å². The van der Waals surface area contributed by atoms with Gasteiger partial charge in [0.2, 0.25) is 0 Å². The molecular weight excluding hydrogens is 312 g/mol. The molecule has 0 amide bonds. The molecule has 0 spiro atoms. The number of hydrogen-bond acceptors (Lipinski definition) is 3. The number of hydroxylamine groups is 2. The molecule has 0 aliphatic carbocycles. The maximum absolute atomic E-state index is 8.82. The molecule has 1 aliphatic heterocycles. The van der Waals surface area contributed by atoms with E-state index in [1.54, 1.807) is 0 Å². The van der Waals surface area contributed by atoms with Crippen LogP contribution in [0.5, 0.6) is 0 Å². The topological polar surface area (TPSA) is 61.2 Å². The molecule has 1 atom stereocenters. The predicted molar refractivity (Wildman–Crippen MR) is 102 cm³/mol. The van der Waals surface area contributed by atoms with E-state index in [2.05, 4.69) is 74.0 Å². The van der Waals surface area contributed by atoms with Crippen molar-refractivity contribution in [1.29, 1.82) is 0 Å². The Balaban J connectivity index is 2.18. The summed E-state index contributed by atoms with van der Waals surface area (Å²) in [6.07, 6.45) is 5.11. The minimum Gasteiger partial charge on any atom is -0.292 e. The van der Waals surface area contributed by atoms with Crippen LogP contribution in [0.3, 0.4) is 0 Å². The highest BCUT2D eigenvalue weighted by molar-refractivity contribution is 5.15. The Morgan fingerprint density at radius 3 is 2.32 bits per heavy atom. The van der Waals surface area contributed by atoms with Gasteiger partial charge in [-0.2, -0.15) is 5.06 Å². The maximum Gasteiger partial charge on any atom is 0.0931 e. The Morgan fingerprint density at radius 1 is 1.16 bits per heavy atom. The van der Waals surface area contributed by atoms with Crippen LogP contribution >= 0.6 is 0 Å². The largest absolute Gasteiger partial charge is 0.292 e. The first-order valence-corrected chi connectivity index (χ1v) is 9.23. The lowest BCUT2D eigenvalue weighted by molar-refractivity contribution is -0.331. The molecule has 1 aliphatic rings. The van der Waals surface area contributed by atoms with Crippen molar-refractivity contribution >= 4 is 0 Å². The van der Waals surface area contributed by atoms with E-state index in [9.17, 15) is 0 Å². The molecule has 0 aromatic heterocycles. The minimum absolute atomic E-state index is 0.0356. The fraction of sp³-hybridized carbons (Fsp3) is 0.700. The van der Waals surface area contributed by atoms with E-state index in [1.165, 1.54) is 12.0 Å². The zero-order valence-corrected chi connectivity index (χ0v) is 16.3. The van der Waals surface area contributed by atoms with Crippen molar-refractivity contribution in [3.63, 3.8) is 0 Å². The summed E-state index contributed by atoms with van der Waals surface area (Å²) in [6, 6.07) is 10.4. The van der Waals surface area contributed by atoms with E-state index in [0.717, 1.165) is 25.7 Å². The zero-order valence-electron chi connectivity index (χ0n) is 16.3. The lowest BCUT2D eigenvalue weighted by Gasteiger charge is -2.54. The van der Waals surface area contributed by atoms with Crippen LogP contribution in [-0.2, 0) is 11.3 Å². The molecule has 1 fully saturated rings. The van der Waals surface area contributed by atoms with E-state index in [0.29, 0.717) is 6.54 Å². The van der Waals surface area contributed by atoms with Crippen LogP contribution in [0.1, 0.15) is 65.9 Å². The molecular formula is C20H32N4O. The van der Waals surface area contributed by atoms with E-state index < -0.39 is 5.60 Å². The van der Waals surface area contributed by atoms with Gasteiger partial charge in [-0.05, 0) is 77.8 Å². The van der Waals surface area contributed by atoms with Crippen molar-refractivity contribution in [3.05, 3.63) is 46.3 Å². The Morgan fingerprint density at radius 2 is 1.76 bits per heavy atom. The number of aryl methyl sites for hydroxylation is 1. The van der Waals surface area contributed by atoms with Crippen molar-refractivity contribution < 1.29 is 4.84 Å². The third kappa shape index (κ3) is 5.21. The first kappa shape index (κ1) is 19.8. The molecule has 0 radical (unpaired) electrons. The van der Waals surface area contributed by atoms with Crippen LogP contribution in [0.2, 0.25) is 0 Å². The smallest absolute Gasteiger partial charge is 0.0931 e. The lowest BCUT2D eigenvalue weighted by Crippen LogP contribution is -2.61. The highest BCUT2D eigenvalue weighted by Gasteiger charge is 2.45. The van der Waals surface area contributed by atoms with Gasteiger partial charge in [0.1, 0.15) is 0 Å². The van der Waals surface area contributed by atoms with Crippen LogP contribution in [-0.4, -0.2) is 28.3 Å². The second-order valence-corrected chi connectivity index (χ2v) is 8.69. The summed E-state index contributed by atoms with van der Waals surface area (Å²) < 4.78 is 0. The van der Waals surface area contributed by atoms with E-state index in [4.69, 9.17) is 10.4 Å². The molecule has 0 bridgehead atoms. The van der Waals surface area contributed by atoms with Crippen molar-refractivity contribution in [1.82, 2.24) is 5.06 Å². The third-order valence-electron chi connectivity index (χ3n) is 5.24. The fourth-order valence-corrected chi connectivity index (χ4v) is 3.83. The van der Waals surface area contributed by atoms with Crippen LogP contribution in [0.4, 0.5) is 0 Å². The first-order chi connectivity index (χ1) is 11.7. The first-order valence-electron chi connectivity index (χ1n) is 9.23. The predicted octanol–water partition coefficient (Wildman–Crippen LogP) is 5.66. The van der Waals surface area contributed by atoms with Gasteiger partial charge in [0.05, 0.1) is 12.1 Å². The van der Waals surface area contributed by atoms with Crippen LogP contribution in [0, 0.1) is 0 Å². The van der Waals surface area contributed by atoms with Gasteiger partial charge in [0.15, 0.2) is 0 Å². The van der Waals surface area contributed by atoms with E-state index in [1.807, 2.05) is 6.07 Å². The van der Waals surface area contributed by atoms with Crippen LogP contribution in [0.25, 0.3) is 10.4 Å². The lowest BCUT2D eigenvalue weighted by atomic mass is 9.82. The Labute approximate surface area is 151 Å². The molecule has 138 valence electrons. The number of rotatable bonds is 7. The summed E-state index contributed by atoms with van der Waals surface area (Å²) >= 11 is 0. The summed E-state index contributed by atoms with van der Waals surface area (Å²) in [4.78, 5) is 9.57. The van der Waals surface area contributed by atoms with Gasteiger partial charge >= 0.3 is 0 Å². The van der Waals surface area contributed by atoms with Gasteiger partial charge in [0, 0.05) is 16.0 Å². The average Bonchev–Trinajstić information content (AvgIpc) is 2.56. The van der Waals surface area contributed by atoms with Gasteiger partial charge in [-0.1, -0.05) is 35.4 Å². The van der Waals surface area contributed by atoms with Gasteiger partial charge in [-0.25, -0.2) is 0 Å². The molecule has 1 heterocycles. The summed E-state index contributed by atoms with van der Waals surface area (Å²) in [5.41, 5.74) is 9.50. The van der Waals surface area contributed by atoms with Gasteiger partial charge in [0.25, 0.3) is 0 Å². The summed E-state index contributed by atoms with van der Waals surface area (Å²) in [7, 11) is 0. The van der Waals surface area contributed by atoms with E-state index >= 15 is 0 Å². The monoisotopic (exact) mass is 344 g/mol. The van der Waals surface area contributed by atoms with E-state index in [-0.39, 0.29) is 11.1 Å². The molecule has 1 aromatic rings. The second kappa shape index (κ2) is 7.77. The van der Waals surface area contributed by atoms with Gasteiger partial charge in [-0.15, -0.1) is 0 Å². The Hall–Kier alpha value is -1.55. The fourth-order valence-electron chi connectivity index (χ4n) is 3.83. The molecule has 0 saturated carbocycles. The molecule has 0 N–H and O–H groups in total. The number of nitrogens with zero attached hydrogens (tertiary/aromatic N) is 4. The van der Waals surface area contributed by atoms with Crippen LogP contribution in [0.15, 0.2) is 35.4 Å². The normalized spacial score (nSPS) is 22.0. The number of hydrogen-bond donors (Lipinski definition) is 0. The van der Waals surface area contributed by atoms with Crippen molar-refractivity contribution in [2.24, 2.45) is 5.11 Å². The summed E-state index contributed by atoms with van der Waals surface area (Å²) in [6.45, 7) is 11.3. The Bertz CT molecular complexity index is 591. The van der Waals surface area contributed by atoms with Gasteiger partial charge in [-0.3, -0.25) is 4.84 Å². The SMILES string of the molecule is CC(CCc1ccccc1)(CN=[N+]=[N-])ON1C(C)(C)CCCC1(C)C. The third-order valence-corrected chi connectivity index (χ3v) is 5.24.